The molecule has 3 nitrogen and oxygen atoms in total. The lowest BCUT2D eigenvalue weighted by molar-refractivity contribution is 0.153. The summed E-state index contributed by atoms with van der Waals surface area (Å²) in [6.07, 6.45) is -0.472. The fourth-order valence-corrected chi connectivity index (χ4v) is 1.50. The molecule has 1 heterocycles. The molecular formula is C9H12N2O. The summed E-state index contributed by atoms with van der Waals surface area (Å²) in [6.45, 7) is 0.540. The van der Waals surface area contributed by atoms with Crippen LogP contribution in [0.1, 0.15) is 11.6 Å². The summed E-state index contributed by atoms with van der Waals surface area (Å²) in [4.78, 5) is 0. The van der Waals surface area contributed by atoms with Gasteiger partial charge in [-0.3, -0.25) is 0 Å². The van der Waals surface area contributed by atoms with E-state index in [4.69, 9.17) is 5.73 Å². The maximum atomic E-state index is 9.44. The molecule has 2 atom stereocenters. The molecule has 12 heavy (non-hydrogen) atoms. The monoisotopic (exact) mass is 164 g/mol. The van der Waals surface area contributed by atoms with E-state index in [2.05, 4.69) is 5.32 Å². The third kappa shape index (κ3) is 1.07. The van der Waals surface area contributed by atoms with Crippen molar-refractivity contribution in [1.82, 2.24) is 0 Å². The molecule has 3 heteroatoms. The summed E-state index contributed by atoms with van der Waals surface area (Å²) in [7, 11) is 0. The molecule has 0 saturated heterocycles. The maximum Gasteiger partial charge on any atom is 0.0905 e. The van der Waals surface area contributed by atoms with Crippen LogP contribution in [0.25, 0.3) is 0 Å². The number of para-hydroxylation sites is 1. The first kappa shape index (κ1) is 7.58. The standard InChI is InChI=1S/C9H12N2O/c10-9-6-3-1-2-4-7(6)11-5-8(9)12/h1-4,8-9,11-12H,5,10H2. The second-order valence-corrected chi connectivity index (χ2v) is 3.06. The zero-order valence-electron chi connectivity index (χ0n) is 6.70. The molecular weight excluding hydrogens is 152 g/mol. The number of hydrogen-bond acceptors (Lipinski definition) is 3. The van der Waals surface area contributed by atoms with Crippen LogP contribution in [-0.4, -0.2) is 17.8 Å². The van der Waals surface area contributed by atoms with Crippen molar-refractivity contribution in [3.63, 3.8) is 0 Å². The Hall–Kier alpha value is -1.06. The SMILES string of the molecule is NC1c2ccccc2NCC1O. The fraction of sp³-hybridized carbons (Fsp3) is 0.333. The first-order chi connectivity index (χ1) is 5.79. The number of benzene rings is 1. The van der Waals surface area contributed by atoms with E-state index in [1.165, 1.54) is 0 Å². The minimum absolute atomic E-state index is 0.248. The number of fused-ring (bicyclic) bond motifs is 1. The Balaban J connectivity index is 2.42. The van der Waals surface area contributed by atoms with Crippen LogP contribution in [0.3, 0.4) is 0 Å². The molecule has 0 aliphatic carbocycles. The van der Waals surface area contributed by atoms with Gasteiger partial charge in [0.15, 0.2) is 0 Å². The van der Waals surface area contributed by atoms with Crippen LogP contribution < -0.4 is 11.1 Å². The lowest BCUT2D eigenvalue weighted by Crippen LogP contribution is -2.36. The number of aliphatic hydroxyl groups is 1. The van der Waals surface area contributed by atoms with Crippen LogP contribution in [-0.2, 0) is 0 Å². The summed E-state index contributed by atoms with van der Waals surface area (Å²) in [5.41, 5.74) is 7.83. The Morgan fingerprint density at radius 3 is 3.00 bits per heavy atom. The van der Waals surface area contributed by atoms with Gasteiger partial charge in [-0.1, -0.05) is 18.2 Å². The minimum atomic E-state index is -0.472. The number of anilines is 1. The first-order valence-electron chi connectivity index (χ1n) is 4.05. The van der Waals surface area contributed by atoms with Gasteiger partial charge in [0.25, 0.3) is 0 Å². The van der Waals surface area contributed by atoms with Crippen molar-refractivity contribution < 1.29 is 5.11 Å². The van der Waals surface area contributed by atoms with Crippen molar-refractivity contribution in [2.24, 2.45) is 5.73 Å². The van der Waals surface area contributed by atoms with Gasteiger partial charge in [0.05, 0.1) is 12.1 Å². The van der Waals surface area contributed by atoms with Crippen molar-refractivity contribution in [3.8, 4) is 0 Å². The van der Waals surface area contributed by atoms with E-state index >= 15 is 0 Å². The molecule has 2 unspecified atom stereocenters. The Kier molecular flexibility index (Phi) is 1.75. The van der Waals surface area contributed by atoms with E-state index in [0.717, 1.165) is 11.3 Å². The molecule has 4 N–H and O–H groups in total. The van der Waals surface area contributed by atoms with Gasteiger partial charge in [0.1, 0.15) is 0 Å². The molecule has 1 aliphatic rings. The van der Waals surface area contributed by atoms with E-state index < -0.39 is 6.10 Å². The lowest BCUT2D eigenvalue weighted by Gasteiger charge is -2.28. The molecule has 0 aromatic heterocycles. The van der Waals surface area contributed by atoms with E-state index in [9.17, 15) is 5.11 Å². The van der Waals surface area contributed by atoms with Gasteiger partial charge < -0.3 is 16.2 Å². The van der Waals surface area contributed by atoms with Gasteiger partial charge in [0.2, 0.25) is 0 Å². The summed E-state index contributed by atoms with van der Waals surface area (Å²) in [5, 5.41) is 12.5. The minimum Gasteiger partial charge on any atom is -0.389 e. The van der Waals surface area contributed by atoms with Gasteiger partial charge >= 0.3 is 0 Å². The summed E-state index contributed by atoms with van der Waals surface area (Å²) in [5.74, 6) is 0. The number of nitrogens with two attached hydrogens (primary N) is 1. The van der Waals surface area contributed by atoms with Gasteiger partial charge in [-0.25, -0.2) is 0 Å². The number of hydrogen-bond donors (Lipinski definition) is 3. The highest BCUT2D eigenvalue weighted by molar-refractivity contribution is 5.55. The quantitative estimate of drug-likeness (QED) is 0.522. The van der Waals surface area contributed by atoms with Crippen molar-refractivity contribution in [2.75, 3.05) is 11.9 Å². The van der Waals surface area contributed by atoms with Crippen LogP contribution in [0.2, 0.25) is 0 Å². The molecule has 0 fully saturated rings. The third-order valence-electron chi connectivity index (χ3n) is 2.24. The molecule has 1 aromatic carbocycles. The van der Waals surface area contributed by atoms with Crippen molar-refractivity contribution >= 4 is 5.69 Å². The van der Waals surface area contributed by atoms with E-state index in [0.29, 0.717) is 6.54 Å². The number of β-amino-alcohol motifs (C(OH)–C–C–N with tert-alkyl or cyclic N) is 1. The summed E-state index contributed by atoms with van der Waals surface area (Å²) < 4.78 is 0. The smallest absolute Gasteiger partial charge is 0.0905 e. The van der Waals surface area contributed by atoms with Crippen LogP contribution in [0.5, 0.6) is 0 Å². The predicted octanol–water partition coefficient (Wildman–Crippen LogP) is 0.473. The highest BCUT2D eigenvalue weighted by Gasteiger charge is 2.23. The van der Waals surface area contributed by atoms with Crippen LogP contribution in [0.4, 0.5) is 5.69 Å². The molecule has 0 spiro atoms. The Morgan fingerprint density at radius 1 is 1.42 bits per heavy atom. The molecule has 0 amide bonds. The van der Waals surface area contributed by atoms with Gasteiger partial charge in [-0.05, 0) is 11.6 Å². The van der Waals surface area contributed by atoms with Crippen LogP contribution in [0, 0.1) is 0 Å². The number of nitrogens with one attached hydrogen (secondary N) is 1. The van der Waals surface area contributed by atoms with Crippen molar-refractivity contribution in [1.29, 1.82) is 0 Å². The predicted molar refractivity (Wildman–Crippen MR) is 47.9 cm³/mol. The summed E-state index contributed by atoms with van der Waals surface area (Å²) >= 11 is 0. The molecule has 64 valence electrons. The van der Waals surface area contributed by atoms with E-state index in [-0.39, 0.29) is 6.04 Å². The topological polar surface area (TPSA) is 58.3 Å². The molecule has 1 aromatic rings. The van der Waals surface area contributed by atoms with Crippen LogP contribution in [0.15, 0.2) is 24.3 Å². The van der Waals surface area contributed by atoms with E-state index in [1.54, 1.807) is 0 Å². The number of rotatable bonds is 0. The van der Waals surface area contributed by atoms with Gasteiger partial charge in [0, 0.05) is 12.2 Å². The average molecular weight is 164 g/mol. The summed E-state index contributed by atoms with van der Waals surface area (Å²) in [6, 6.07) is 7.55. The van der Waals surface area contributed by atoms with Crippen molar-refractivity contribution in [3.05, 3.63) is 29.8 Å². The first-order valence-corrected chi connectivity index (χ1v) is 4.05. The molecule has 2 rings (SSSR count). The van der Waals surface area contributed by atoms with Gasteiger partial charge in [-0.15, -0.1) is 0 Å². The Bertz CT molecular complexity index is 288. The highest BCUT2D eigenvalue weighted by atomic mass is 16.3. The average Bonchev–Trinajstić information content (AvgIpc) is 2.12. The van der Waals surface area contributed by atoms with E-state index in [1.807, 2.05) is 24.3 Å². The lowest BCUT2D eigenvalue weighted by atomic mass is 9.97. The fourth-order valence-electron chi connectivity index (χ4n) is 1.50. The molecule has 1 aliphatic heterocycles. The normalized spacial score (nSPS) is 27.5. The maximum absolute atomic E-state index is 9.44. The molecule has 0 bridgehead atoms. The largest absolute Gasteiger partial charge is 0.389 e. The second-order valence-electron chi connectivity index (χ2n) is 3.06. The Labute approximate surface area is 71.2 Å². The van der Waals surface area contributed by atoms with Gasteiger partial charge in [-0.2, -0.15) is 0 Å². The van der Waals surface area contributed by atoms with Crippen molar-refractivity contribution in [2.45, 2.75) is 12.1 Å². The zero-order valence-corrected chi connectivity index (χ0v) is 6.70. The third-order valence-corrected chi connectivity index (χ3v) is 2.24. The molecule has 0 radical (unpaired) electrons. The van der Waals surface area contributed by atoms with Crippen LogP contribution >= 0.6 is 0 Å². The highest BCUT2D eigenvalue weighted by Crippen LogP contribution is 2.27. The molecule has 0 saturated carbocycles. The number of aliphatic hydroxyl groups excluding tert-OH is 1. The zero-order chi connectivity index (χ0) is 8.55. The Morgan fingerprint density at radius 2 is 2.17 bits per heavy atom. The second kappa shape index (κ2) is 2.77.